The van der Waals surface area contributed by atoms with E-state index < -0.39 is 22.0 Å². The summed E-state index contributed by atoms with van der Waals surface area (Å²) in [5.41, 5.74) is 0.389. The Balaban J connectivity index is 1.95. The summed E-state index contributed by atoms with van der Waals surface area (Å²) in [6, 6.07) is 0.926. The Morgan fingerprint density at radius 2 is 1.72 bits per heavy atom. The average Bonchev–Trinajstić information content (AvgIpc) is 3.05. The van der Waals surface area contributed by atoms with E-state index in [-0.39, 0.29) is 28.8 Å². The summed E-state index contributed by atoms with van der Waals surface area (Å²) in [5, 5.41) is 12.8. The number of hydrogen-bond acceptors (Lipinski definition) is 3. The first-order valence-electron chi connectivity index (χ1n) is 13.1. The zero-order chi connectivity index (χ0) is 24.5. The standard InChI is InChI=1S/C27H52O3Si2/c1-18(2)20-15-16-26(7)19(3)23(20)24(27(26,28)17-31(8,9)10)21-13-14-22(29-21)30-32(11,12)25(4,5)6/h18,20-24,28H,3,13-17H2,1-2,4-12H3/t20-,21+,22?,23-,24-,26-,27+/m1/s1. The van der Waals surface area contributed by atoms with Crippen molar-refractivity contribution in [3.05, 3.63) is 12.2 Å². The van der Waals surface area contributed by atoms with Crippen molar-refractivity contribution in [2.24, 2.45) is 29.1 Å². The highest BCUT2D eigenvalue weighted by Crippen LogP contribution is 2.68. The van der Waals surface area contributed by atoms with E-state index in [9.17, 15) is 5.11 Å². The Kier molecular flexibility index (Phi) is 6.93. The molecule has 7 atom stereocenters. The molecule has 0 amide bonds. The van der Waals surface area contributed by atoms with Crippen LogP contribution in [0.2, 0.25) is 43.8 Å². The van der Waals surface area contributed by atoms with Gasteiger partial charge >= 0.3 is 0 Å². The second-order valence-corrected chi connectivity index (χ2v) is 24.8. The van der Waals surface area contributed by atoms with Crippen LogP contribution in [0.15, 0.2) is 12.2 Å². The van der Waals surface area contributed by atoms with Crippen molar-refractivity contribution in [1.82, 2.24) is 0 Å². The van der Waals surface area contributed by atoms with Crippen LogP contribution in [0.3, 0.4) is 0 Å². The van der Waals surface area contributed by atoms with E-state index in [4.69, 9.17) is 9.16 Å². The van der Waals surface area contributed by atoms with Gasteiger partial charge in [0.05, 0.1) is 11.7 Å². The fourth-order valence-corrected chi connectivity index (χ4v) is 10.4. The molecule has 3 aliphatic rings. The molecule has 2 saturated carbocycles. The highest BCUT2D eigenvalue weighted by Gasteiger charge is 2.69. The van der Waals surface area contributed by atoms with Crippen LogP contribution < -0.4 is 0 Å². The minimum Gasteiger partial charge on any atom is -0.392 e. The molecular formula is C27H52O3Si2. The van der Waals surface area contributed by atoms with Gasteiger partial charge < -0.3 is 14.3 Å². The van der Waals surface area contributed by atoms with Crippen molar-refractivity contribution in [3.8, 4) is 0 Å². The summed E-state index contributed by atoms with van der Waals surface area (Å²) in [6.07, 6.45) is 4.12. The molecular weight excluding hydrogens is 428 g/mol. The SMILES string of the molecule is C=C1[C@H]2[C@@H]([C@@H]3CCC(O[Si](C)(C)C(C)(C)C)O3)[C@@](O)(C[Si](C)(C)C)[C@]1(C)CC[C@@H]2C(C)C. The Bertz CT molecular complexity index is 719. The van der Waals surface area contributed by atoms with Gasteiger partial charge in [0.15, 0.2) is 8.32 Å². The van der Waals surface area contributed by atoms with Gasteiger partial charge in [-0.2, -0.15) is 0 Å². The maximum absolute atomic E-state index is 12.7. The van der Waals surface area contributed by atoms with E-state index in [1.165, 1.54) is 12.0 Å². The van der Waals surface area contributed by atoms with E-state index in [1.807, 2.05) is 0 Å². The molecule has 1 heterocycles. The van der Waals surface area contributed by atoms with Crippen molar-refractivity contribution >= 4 is 16.4 Å². The van der Waals surface area contributed by atoms with Crippen LogP contribution in [0.5, 0.6) is 0 Å². The van der Waals surface area contributed by atoms with Gasteiger partial charge in [0, 0.05) is 19.4 Å². The van der Waals surface area contributed by atoms with Crippen LogP contribution in [0.25, 0.3) is 0 Å². The number of fused-ring (bicyclic) bond motifs is 2. The summed E-state index contributed by atoms with van der Waals surface area (Å²) in [6.45, 7) is 30.4. The number of aliphatic hydroxyl groups is 1. The van der Waals surface area contributed by atoms with Crippen LogP contribution in [0, 0.1) is 29.1 Å². The van der Waals surface area contributed by atoms with Crippen molar-refractivity contribution < 1.29 is 14.3 Å². The first-order valence-corrected chi connectivity index (χ1v) is 19.7. The van der Waals surface area contributed by atoms with Crippen molar-refractivity contribution in [1.29, 1.82) is 0 Å². The lowest BCUT2D eigenvalue weighted by Crippen LogP contribution is -2.54. The van der Waals surface area contributed by atoms with Gasteiger partial charge in [0.2, 0.25) is 0 Å². The zero-order valence-corrected chi connectivity index (χ0v) is 25.0. The molecule has 1 aliphatic heterocycles. The van der Waals surface area contributed by atoms with Crippen LogP contribution in [0.1, 0.15) is 67.2 Å². The molecule has 32 heavy (non-hydrogen) atoms. The summed E-state index contributed by atoms with van der Waals surface area (Å²) < 4.78 is 13.4. The molecule has 1 unspecified atom stereocenters. The minimum atomic E-state index is -1.90. The van der Waals surface area contributed by atoms with E-state index in [0.29, 0.717) is 17.8 Å². The zero-order valence-electron chi connectivity index (χ0n) is 23.0. The summed E-state index contributed by atoms with van der Waals surface area (Å²) >= 11 is 0. The van der Waals surface area contributed by atoms with Gasteiger partial charge in [0.25, 0.3) is 0 Å². The summed E-state index contributed by atoms with van der Waals surface area (Å²) in [5.74, 6) is 1.67. The average molecular weight is 481 g/mol. The van der Waals surface area contributed by atoms with Crippen LogP contribution in [-0.4, -0.2) is 39.5 Å². The van der Waals surface area contributed by atoms with Crippen molar-refractivity contribution in [2.75, 3.05) is 0 Å². The normalized spacial score (nSPS) is 41.0. The van der Waals surface area contributed by atoms with Gasteiger partial charge in [-0.25, -0.2) is 0 Å². The topological polar surface area (TPSA) is 38.7 Å². The largest absolute Gasteiger partial charge is 0.392 e. The lowest BCUT2D eigenvalue weighted by molar-refractivity contribution is -0.147. The van der Waals surface area contributed by atoms with Gasteiger partial charge in [-0.1, -0.05) is 73.3 Å². The predicted molar refractivity (Wildman–Crippen MR) is 141 cm³/mol. The smallest absolute Gasteiger partial charge is 0.195 e. The number of ether oxygens (including phenoxy) is 1. The number of rotatable bonds is 6. The second-order valence-electron chi connectivity index (χ2n) is 14.6. The van der Waals surface area contributed by atoms with Crippen LogP contribution in [-0.2, 0) is 9.16 Å². The molecule has 5 heteroatoms. The Morgan fingerprint density at radius 1 is 1.12 bits per heavy atom. The molecule has 1 saturated heterocycles. The minimum absolute atomic E-state index is 0.0639. The van der Waals surface area contributed by atoms with Gasteiger partial charge in [-0.05, 0) is 67.6 Å². The molecule has 3 rings (SSSR count). The summed E-state index contributed by atoms with van der Waals surface area (Å²) in [7, 11) is -3.42. The van der Waals surface area contributed by atoms with Gasteiger partial charge in [0.1, 0.15) is 6.29 Å². The van der Waals surface area contributed by atoms with Crippen LogP contribution >= 0.6 is 0 Å². The van der Waals surface area contributed by atoms with Crippen molar-refractivity contribution in [2.45, 2.75) is 129 Å². The van der Waals surface area contributed by atoms with E-state index in [0.717, 1.165) is 25.3 Å². The highest BCUT2D eigenvalue weighted by molar-refractivity contribution is 6.76. The summed E-state index contributed by atoms with van der Waals surface area (Å²) in [4.78, 5) is 0. The Hall–Kier alpha value is 0.0538. The lowest BCUT2D eigenvalue weighted by atomic mass is 9.64. The Labute approximate surface area is 200 Å². The molecule has 186 valence electrons. The van der Waals surface area contributed by atoms with Crippen LogP contribution in [0.4, 0.5) is 0 Å². The molecule has 0 aromatic rings. The quantitative estimate of drug-likeness (QED) is 0.317. The first kappa shape index (κ1) is 26.7. The first-order chi connectivity index (χ1) is 14.3. The third-order valence-electron chi connectivity index (χ3n) is 9.75. The fraction of sp³-hybridized carbons (Fsp3) is 0.926. The maximum Gasteiger partial charge on any atom is 0.195 e. The molecule has 0 radical (unpaired) electrons. The third-order valence-corrected chi connectivity index (χ3v) is 15.8. The van der Waals surface area contributed by atoms with Gasteiger partial charge in [-0.3, -0.25) is 0 Å². The predicted octanol–water partition coefficient (Wildman–Crippen LogP) is 7.46. The number of hydrogen-bond donors (Lipinski definition) is 1. The van der Waals surface area contributed by atoms with E-state index >= 15 is 0 Å². The highest BCUT2D eigenvalue weighted by atomic mass is 28.4. The van der Waals surface area contributed by atoms with Gasteiger partial charge in [-0.15, -0.1) is 0 Å². The molecule has 2 aliphatic carbocycles. The Morgan fingerprint density at radius 3 is 2.22 bits per heavy atom. The molecule has 0 aromatic heterocycles. The molecule has 0 aromatic carbocycles. The van der Waals surface area contributed by atoms with E-state index in [1.54, 1.807) is 0 Å². The van der Waals surface area contributed by atoms with E-state index in [2.05, 4.69) is 80.9 Å². The second kappa shape index (κ2) is 8.32. The molecule has 2 bridgehead atoms. The maximum atomic E-state index is 12.7. The molecule has 1 N–H and O–H groups in total. The van der Waals surface area contributed by atoms with Crippen molar-refractivity contribution in [3.63, 3.8) is 0 Å². The monoisotopic (exact) mass is 480 g/mol. The lowest BCUT2D eigenvalue weighted by Gasteiger charge is -2.47. The molecule has 0 spiro atoms. The fourth-order valence-electron chi connectivity index (χ4n) is 6.96. The molecule has 3 fully saturated rings. The molecule has 3 nitrogen and oxygen atoms in total. The third kappa shape index (κ3) is 4.39.